The smallest absolute Gasteiger partial charge is 0.236 e. The lowest BCUT2D eigenvalue weighted by molar-refractivity contribution is 0.343. The van der Waals surface area contributed by atoms with Crippen molar-refractivity contribution in [3.8, 4) is 5.75 Å². The van der Waals surface area contributed by atoms with E-state index in [1.54, 1.807) is 11.8 Å². The van der Waals surface area contributed by atoms with Crippen molar-refractivity contribution in [3.05, 3.63) is 42.0 Å². The number of nitrogens with zero attached hydrogens (tertiary/aromatic N) is 2. The van der Waals surface area contributed by atoms with Gasteiger partial charge >= 0.3 is 0 Å². The fourth-order valence-corrected chi connectivity index (χ4v) is 2.33. The number of rotatable bonds is 8. The average molecular weight is 292 g/mol. The summed E-state index contributed by atoms with van der Waals surface area (Å²) in [4.78, 5) is 4.37. The van der Waals surface area contributed by atoms with Crippen molar-refractivity contribution >= 4 is 11.8 Å². The Bertz CT molecular complexity index is 500. The third kappa shape index (κ3) is 5.25. The van der Waals surface area contributed by atoms with Gasteiger partial charge in [0.2, 0.25) is 5.89 Å². The summed E-state index contributed by atoms with van der Waals surface area (Å²) in [5.41, 5.74) is 0. The quantitative estimate of drug-likeness (QED) is 0.696. The van der Waals surface area contributed by atoms with Gasteiger partial charge in [-0.1, -0.05) is 37.2 Å². The molecule has 4 nitrogen and oxygen atoms in total. The van der Waals surface area contributed by atoms with Gasteiger partial charge in [0, 0.05) is 12.2 Å². The zero-order valence-electron chi connectivity index (χ0n) is 11.9. The van der Waals surface area contributed by atoms with Crippen LogP contribution in [0.25, 0.3) is 0 Å². The fourth-order valence-electron chi connectivity index (χ4n) is 1.69. The first kappa shape index (κ1) is 14.9. The van der Waals surface area contributed by atoms with Gasteiger partial charge in [-0.25, -0.2) is 0 Å². The van der Waals surface area contributed by atoms with Gasteiger partial charge in [-0.05, 0) is 18.1 Å². The zero-order chi connectivity index (χ0) is 14.2. The second kappa shape index (κ2) is 7.94. The number of hydrogen-bond donors (Lipinski definition) is 0. The van der Waals surface area contributed by atoms with Crippen molar-refractivity contribution in [2.75, 3.05) is 12.4 Å². The molecule has 0 atom stereocenters. The fraction of sp³-hybridized carbons (Fsp3) is 0.467. The molecule has 1 heterocycles. The van der Waals surface area contributed by atoms with E-state index >= 15 is 0 Å². The van der Waals surface area contributed by atoms with Crippen LogP contribution < -0.4 is 4.74 Å². The van der Waals surface area contributed by atoms with Crippen LogP contribution in [0.4, 0.5) is 0 Å². The van der Waals surface area contributed by atoms with E-state index in [2.05, 4.69) is 24.0 Å². The predicted octanol–water partition coefficient (Wildman–Crippen LogP) is 3.58. The molecule has 5 heteroatoms. The highest BCUT2D eigenvalue weighted by Crippen LogP contribution is 2.13. The monoisotopic (exact) mass is 292 g/mol. The van der Waals surface area contributed by atoms with Crippen molar-refractivity contribution < 1.29 is 9.26 Å². The van der Waals surface area contributed by atoms with E-state index in [4.69, 9.17) is 9.26 Å². The van der Waals surface area contributed by atoms with Crippen molar-refractivity contribution in [2.24, 2.45) is 5.92 Å². The second-order valence-corrected chi connectivity index (χ2v) is 6.02. The molecular weight excluding hydrogens is 272 g/mol. The molecule has 2 aromatic rings. The Morgan fingerprint density at radius 2 is 2.05 bits per heavy atom. The Morgan fingerprint density at radius 1 is 1.25 bits per heavy atom. The summed E-state index contributed by atoms with van der Waals surface area (Å²) in [6.45, 7) is 4.97. The molecule has 1 aromatic heterocycles. The van der Waals surface area contributed by atoms with Crippen molar-refractivity contribution in [1.82, 2.24) is 10.1 Å². The van der Waals surface area contributed by atoms with E-state index in [-0.39, 0.29) is 0 Å². The molecule has 0 aliphatic rings. The van der Waals surface area contributed by atoms with Gasteiger partial charge in [0.1, 0.15) is 5.75 Å². The topological polar surface area (TPSA) is 48.2 Å². The van der Waals surface area contributed by atoms with Crippen molar-refractivity contribution in [3.63, 3.8) is 0 Å². The molecule has 0 aliphatic carbocycles. The van der Waals surface area contributed by atoms with Crippen LogP contribution in [0.5, 0.6) is 5.75 Å². The van der Waals surface area contributed by atoms with E-state index < -0.39 is 0 Å². The molecule has 20 heavy (non-hydrogen) atoms. The van der Waals surface area contributed by atoms with Gasteiger partial charge in [-0.15, -0.1) is 11.8 Å². The maximum Gasteiger partial charge on any atom is 0.236 e. The molecule has 1 aromatic carbocycles. The van der Waals surface area contributed by atoms with Gasteiger partial charge in [0.15, 0.2) is 5.82 Å². The normalized spacial score (nSPS) is 10.9. The van der Waals surface area contributed by atoms with Gasteiger partial charge in [0.25, 0.3) is 0 Å². The molecule has 0 bridgehead atoms. The number of aromatic nitrogens is 2. The van der Waals surface area contributed by atoms with Crippen LogP contribution in [0, 0.1) is 5.92 Å². The number of thioether (sulfide) groups is 1. The molecule has 0 fully saturated rings. The Balaban J connectivity index is 1.62. The lowest BCUT2D eigenvalue weighted by atomic mass is 10.1. The molecule has 0 spiro atoms. The van der Waals surface area contributed by atoms with Gasteiger partial charge in [-0.2, -0.15) is 4.98 Å². The Morgan fingerprint density at radius 3 is 2.80 bits per heavy atom. The summed E-state index contributed by atoms with van der Waals surface area (Å²) in [6, 6.07) is 9.84. The molecule has 0 radical (unpaired) electrons. The minimum atomic E-state index is 0.548. The Labute approximate surface area is 123 Å². The maximum atomic E-state index is 5.61. The summed E-state index contributed by atoms with van der Waals surface area (Å²) in [7, 11) is 0. The molecule has 0 saturated carbocycles. The summed E-state index contributed by atoms with van der Waals surface area (Å²) >= 11 is 1.74. The van der Waals surface area contributed by atoms with Crippen molar-refractivity contribution in [2.45, 2.75) is 26.0 Å². The third-order valence-corrected chi connectivity index (χ3v) is 3.47. The molecule has 0 saturated heterocycles. The minimum absolute atomic E-state index is 0.548. The van der Waals surface area contributed by atoms with E-state index in [1.807, 2.05) is 30.3 Å². The number of benzene rings is 1. The largest absolute Gasteiger partial charge is 0.493 e. The highest BCUT2D eigenvalue weighted by atomic mass is 32.2. The third-order valence-electron chi connectivity index (χ3n) is 2.57. The van der Waals surface area contributed by atoms with E-state index in [0.717, 1.165) is 29.5 Å². The van der Waals surface area contributed by atoms with E-state index in [9.17, 15) is 0 Å². The van der Waals surface area contributed by atoms with E-state index in [0.29, 0.717) is 18.4 Å². The van der Waals surface area contributed by atoms with Crippen LogP contribution in [-0.2, 0) is 12.2 Å². The highest BCUT2D eigenvalue weighted by Gasteiger charge is 2.07. The first-order valence-corrected chi connectivity index (χ1v) is 7.96. The van der Waals surface area contributed by atoms with Crippen LogP contribution in [0.2, 0.25) is 0 Å². The standard InChI is InChI=1S/C15H20N2O2S/c1-12(2)10-14-16-15(19-17-14)11-20-9-8-18-13-6-4-3-5-7-13/h3-7,12H,8-11H2,1-2H3. The molecule has 0 aliphatic heterocycles. The molecule has 2 rings (SSSR count). The van der Waals surface area contributed by atoms with Crippen LogP contribution in [0.1, 0.15) is 25.6 Å². The number of para-hydroxylation sites is 1. The molecular formula is C15H20N2O2S. The van der Waals surface area contributed by atoms with Crippen molar-refractivity contribution in [1.29, 1.82) is 0 Å². The average Bonchev–Trinajstić information content (AvgIpc) is 2.86. The van der Waals surface area contributed by atoms with Gasteiger partial charge < -0.3 is 9.26 Å². The van der Waals surface area contributed by atoms with Crippen LogP contribution in [0.3, 0.4) is 0 Å². The predicted molar refractivity (Wildman–Crippen MR) is 80.9 cm³/mol. The summed E-state index contributed by atoms with van der Waals surface area (Å²) in [5, 5.41) is 3.97. The lowest BCUT2D eigenvalue weighted by Crippen LogP contribution is -2.00. The Kier molecular flexibility index (Phi) is 5.92. The number of ether oxygens (including phenoxy) is 1. The Hall–Kier alpha value is -1.49. The zero-order valence-corrected chi connectivity index (χ0v) is 12.7. The molecule has 0 N–H and O–H groups in total. The summed E-state index contributed by atoms with van der Waals surface area (Å²) < 4.78 is 10.8. The summed E-state index contributed by atoms with van der Waals surface area (Å²) in [6.07, 6.45) is 0.866. The maximum absolute atomic E-state index is 5.61. The highest BCUT2D eigenvalue weighted by molar-refractivity contribution is 7.98. The number of hydrogen-bond acceptors (Lipinski definition) is 5. The SMILES string of the molecule is CC(C)Cc1noc(CSCCOc2ccccc2)n1. The van der Waals surface area contributed by atoms with Crippen LogP contribution in [-0.4, -0.2) is 22.5 Å². The minimum Gasteiger partial charge on any atom is -0.493 e. The van der Waals surface area contributed by atoms with E-state index in [1.165, 1.54) is 0 Å². The second-order valence-electron chi connectivity index (χ2n) is 4.92. The van der Waals surface area contributed by atoms with Crippen LogP contribution in [0.15, 0.2) is 34.9 Å². The first-order chi connectivity index (χ1) is 9.74. The first-order valence-electron chi connectivity index (χ1n) is 6.81. The van der Waals surface area contributed by atoms with Crippen LogP contribution >= 0.6 is 11.8 Å². The summed E-state index contributed by atoms with van der Waals surface area (Å²) in [5.74, 6) is 4.60. The van der Waals surface area contributed by atoms with Gasteiger partial charge in [-0.3, -0.25) is 0 Å². The lowest BCUT2D eigenvalue weighted by Gasteiger charge is -2.04. The molecule has 0 unspecified atom stereocenters. The molecule has 108 valence electrons. The molecule has 0 amide bonds. The van der Waals surface area contributed by atoms with Gasteiger partial charge in [0.05, 0.1) is 12.4 Å².